The molecule has 1 fully saturated rings. The van der Waals surface area contributed by atoms with Gasteiger partial charge in [-0.1, -0.05) is 26.7 Å². The van der Waals surface area contributed by atoms with Crippen LogP contribution in [0.1, 0.15) is 46.0 Å². The maximum absolute atomic E-state index is 5.21. The van der Waals surface area contributed by atoms with Crippen molar-refractivity contribution in [2.45, 2.75) is 46.0 Å². The molecule has 0 atom stereocenters. The molecule has 0 heteroatoms. The highest BCUT2D eigenvalue weighted by molar-refractivity contribution is 4.87. The highest BCUT2D eigenvalue weighted by atomic mass is 14.2. The van der Waals surface area contributed by atoms with Crippen LogP contribution in [0.2, 0.25) is 0 Å². The van der Waals surface area contributed by atoms with Gasteiger partial charge >= 0.3 is 0 Å². The maximum atomic E-state index is 5.21. The Hall–Kier alpha value is -0.440. The van der Waals surface area contributed by atoms with E-state index in [-0.39, 0.29) is 7.43 Å². The van der Waals surface area contributed by atoms with Crippen LogP contribution in [0.15, 0.2) is 0 Å². The summed E-state index contributed by atoms with van der Waals surface area (Å²) in [5, 5.41) is 0. The summed E-state index contributed by atoms with van der Waals surface area (Å²) in [7, 11) is 0. The first-order valence-corrected chi connectivity index (χ1v) is 3.87. The van der Waals surface area contributed by atoms with Gasteiger partial charge in [0.15, 0.2) is 0 Å². The molecule has 0 aliphatic heterocycles. The summed E-state index contributed by atoms with van der Waals surface area (Å²) in [4.78, 5) is 0. The first-order chi connectivity index (χ1) is 4.43. The van der Waals surface area contributed by atoms with Gasteiger partial charge in [-0.3, -0.25) is 0 Å². The molecule has 1 aliphatic rings. The molecule has 0 heterocycles. The molecule has 0 nitrogen and oxygen atoms in total. The lowest BCUT2D eigenvalue weighted by Gasteiger charge is -2.18. The van der Waals surface area contributed by atoms with Gasteiger partial charge in [0.2, 0.25) is 0 Å². The lowest BCUT2D eigenvalue weighted by molar-refractivity contribution is 0.365. The Morgan fingerprint density at radius 2 is 1.80 bits per heavy atom. The first kappa shape index (κ1) is 9.56. The number of hydrogen-bond acceptors (Lipinski definition) is 0. The van der Waals surface area contributed by atoms with Crippen molar-refractivity contribution in [2.75, 3.05) is 0 Å². The van der Waals surface area contributed by atoms with Crippen LogP contribution in [0.5, 0.6) is 0 Å². The van der Waals surface area contributed by atoms with Crippen molar-refractivity contribution in [3.05, 3.63) is 0 Å². The molecule has 0 aromatic heterocycles. The largest absolute Gasteiger partial charge is 0.120 e. The van der Waals surface area contributed by atoms with E-state index in [2.05, 4.69) is 5.92 Å². The normalized spacial score (nSPS) is 19.1. The van der Waals surface area contributed by atoms with Crippen molar-refractivity contribution < 1.29 is 0 Å². The van der Waals surface area contributed by atoms with Crippen LogP contribution in [0.25, 0.3) is 0 Å². The Bertz CT molecular complexity index is 102. The highest BCUT2D eigenvalue weighted by Crippen LogP contribution is 2.25. The molecule has 1 aliphatic carbocycles. The van der Waals surface area contributed by atoms with Crippen molar-refractivity contribution in [3.8, 4) is 12.3 Å². The smallest absolute Gasteiger partial charge is 0.0114 e. The summed E-state index contributed by atoms with van der Waals surface area (Å²) in [6.45, 7) is 0. The van der Waals surface area contributed by atoms with E-state index in [4.69, 9.17) is 6.42 Å². The summed E-state index contributed by atoms with van der Waals surface area (Å²) >= 11 is 0. The van der Waals surface area contributed by atoms with Crippen molar-refractivity contribution in [2.24, 2.45) is 5.92 Å². The van der Waals surface area contributed by atoms with Crippen LogP contribution < -0.4 is 0 Å². The monoisotopic (exact) mass is 138 g/mol. The lowest BCUT2D eigenvalue weighted by atomic mass is 9.87. The molecule has 0 aromatic rings. The van der Waals surface area contributed by atoms with E-state index in [0.717, 1.165) is 12.3 Å². The van der Waals surface area contributed by atoms with E-state index in [1.807, 2.05) is 0 Å². The maximum Gasteiger partial charge on any atom is 0.0114 e. The summed E-state index contributed by atoms with van der Waals surface area (Å²) in [5.41, 5.74) is 0. The predicted octanol–water partition coefficient (Wildman–Crippen LogP) is 3.23. The van der Waals surface area contributed by atoms with Gasteiger partial charge in [0, 0.05) is 6.42 Å². The van der Waals surface area contributed by atoms with Crippen molar-refractivity contribution >= 4 is 0 Å². The molecule has 0 unspecified atom stereocenters. The quantitative estimate of drug-likeness (QED) is 0.488. The Morgan fingerprint density at radius 1 is 1.20 bits per heavy atom. The SMILES string of the molecule is C.C#CCC1CCCCC1. The molecule has 0 bridgehead atoms. The van der Waals surface area contributed by atoms with Gasteiger partial charge in [0.1, 0.15) is 0 Å². The third-order valence-electron chi connectivity index (χ3n) is 2.13. The minimum atomic E-state index is 0. The summed E-state index contributed by atoms with van der Waals surface area (Å²) < 4.78 is 0. The summed E-state index contributed by atoms with van der Waals surface area (Å²) in [6, 6.07) is 0. The molecular weight excluding hydrogens is 120 g/mol. The fraction of sp³-hybridized carbons (Fsp3) is 0.800. The van der Waals surface area contributed by atoms with Gasteiger partial charge in [-0.25, -0.2) is 0 Å². The van der Waals surface area contributed by atoms with Crippen molar-refractivity contribution in [3.63, 3.8) is 0 Å². The second-order valence-electron chi connectivity index (χ2n) is 2.91. The van der Waals surface area contributed by atoms with Crippen LogP contribution in [-0.4, -0.2) is 0 Å². The average Bonchev–Trinajstić information content (AvgIpc) is 1.91. The van der Waals surface area contributed by atoms with E-state index >= 15 is 0 Å². The molecule has 0 aromatic carbocycles. The third kappa shape index (κ3) is 2.92. The predicted molar refractivity (Wildman–Crippen MR) is 46.8 cm³/mol. The molecular formula is C10H18. The second-order valence-corrected chi connectivity index (χ2v) is 2.91. The van der Waals surface area contributed by atoms with E-state index in [0.29, 0.717) is 0 Å². The number of hydrogen-bond donors (Lipinski definition) is 0. The Morgan fingerprint density at radius 3 is 2.30 bits per heavy atom. The van der Waals surface area contributed by atoms with Crippen LogP contribution in [0.3, 0.4) is 0 Å². The lowest BCUT2D eigenvalue weighted by Crippen LogP contribution is -2.04. The van der Waals surface area contributed by atoms with Gasteiger partial charge in [-0.2, -0.15) is 0 Å². The van der Waals surface area contributed by atoms with E-state index in [1.54, 1.807) is 0 Å². The van der Waals surface area contributed by atoms with Gasteiger partial charge in [-0.05, 0) is 18.8 Å². The molecule has 0 amide bonds. The minimum Gasteiger partial charge on any atom is -0.120 e. The minimum absolute atomic E-state index is 0. The Balaban J connectivity index is 0.000000810. The van der Waals surface area contributed by atoms with Crippen molar-refractivity contribution in [1.29, 1.82) is 0 Å². The molecule has 0 N–H and O–H groups in total. The van der Waals surface area contributed by atoms with E-state index in [1.165, 1.54) is 32.1 Å². The van der Waals surface area contributed by atoms with E-state index in [9.17, 15) is 0 Å². The molecule has 0 saturated heterocycles. The highest BCUT2D eigenvalue weighted by Gasteiger charge is 2.10. The molecule has 0 spiro atoms. The third-order valence-corrected chi connectivity index (χ3v) is 2.13. The van der Waals surface area contributed by atoms with Gasteiger partial charge in [-0.15, -0.1) is 12.3 Å². The second kappa shape index (κ2) is 5.35. The van der Waals surface area contributed by atoms with Gasteiger partial charge in [0.25, 0.3) is 0 Å². The van der Waals surface area contributed by atoms with Crippen LogP contribution in [-0.2, 0) is 0 Å². The summed E-state index contributed by atoms with van der Waals surface area (Å²) in [6.07, 6.45) is 13.2. The summed E-state index contributed by atoms with van der Waals surface area (Å²) in [5.74, 6) is 3.60. The molecule has 58 valence electrons. The van der Waals surface area contributed by atoms with Crippen molar-refractivity contribution in [1.82, 2.24) is 0 Å². The zero-order chi connectivity index (χ0) is 6.53. The average molecular weight is 138 g/mol. The number of terminal acetylenes is 1. The first-order valence-electron chi connectivity index (χ1n) is 3.87. The number of rotatable bonds is 1. The zero-order valence-electron chi connectivity index (χ0n) is 5.90. The van der Waals surface area contributed by atoms with E-state index < -0.39 is 0 Å². The standard InChI is InChI=1S/C9H14.CH4/c1-2-6-9-7-4-3-5-8-9;/h1,9H,3-8H2;1H4. The molecule has 10 heavy (non-hydrogen) atoms. The Labute approximate surface area is 65.0 Å². The van der Waals surface area contributed by atoms with Gasteiger partial charge in [0.05, 0.1) is 0 Å². The topological polar surface area (TPSA) is 0 Å². The molecule has 0 radical (unpaired) electrons. The fourth-order valence-electron chi connectivity index (χ4n) is 1.56. The zero-order valence-corrected chi connectivity index (χ0v) is 5.90. The molecule has 1 rings (SSSR count). The fourth-order valence-corrected chi connectivity index (χ4v) is 1.56. The molecule has 1 saturated carbocycles. The van der Waals surface area contributed by atoms with Crippen LogP contribution >= 0.6 is 0 Å². The van der Waals surface area contributed by atoms with Gasteiger partial charge < -0.3 is 0 Å². The van der Waals surface area contributed by atoms with Crippen LogP contribution in [0, 0.1) is 18.3 Å². The Kier molecular flexibility index (Phi) is 5.12. The van der Waals surface area contributed by atoms with Crippen LogP contribution in [0.4, 0.5) is 0 Å².